The fraction of sp³-hybridized carbons (Fsp3) is 0.625. The number of halogens is 1. The summed E-state index contributed by atoms with van der Waals surface area (Å²) in [6, 6.07) is 6.76. The van der Waals surface area contributed by atoms with E-state index >= 15 is 0 Å². The van der Waals surface area contributed by atoms with Crippen molar-refractivity contribution < 1.29 is 4.39 Å². The highest BCUT2D eigenvalue weighted by molar-refractivity contribution is 5.25. The van der Waals surface area contributed by atoms with E-state index < -0.39 is 0 Å². The second-order valence-electron chi connectivity index (χ2n) is 5.92. The molecular weight excluding hydrogens is 239 g/mol. The van der Waals surface area contributed by atoms with Crippen molar-refractivity contribution in [1.29, 1.82) is 0 Å². The van der Waals surface area contributed by atoms with Gasteiger partial charge in [0, 0.05) is 18.1 Å². The van der Waals surface area contributed by atoms with Crippen LogP contribution in [0, 0.1) is 12.7 Å². The lowest BCUT2D eigenvalue weighted by Gasteiger charge is -2.37. The summed E-state index contributed by atoms with van der Waals surface area (Å²) >= 11 is 0. The van der Waals surface area contributed by atoms with Gasteiger partial charge in [-0.15, -0.1) is 0 Å². The summed E-state index contributed by atoms with van der Waals surface area (Å²) in [5.74, 6) is -0.108. The second kappa shape index (κ2) is 6.02. The lowest BCUT2D eigenvalue weighted by molar-refractivity contribution is 0.140. The van der Waals surface area contributed by atoms with Crippen LogP contribution < -0.4 is 5.73 Å². The minimum atomic E-state index is -0.108. The Kier molecular flexibility index (Phi) is 4.58. The molecule has 19 heavy (non-hydrogen) atoms. The predicted octanol–water partition coefficient (Wildman–Crippen LogP) is 3.40. The van der Waals surface area contributed by atoms with E-state index in [1.807, 2.05) is 12.1 Å². The molecule has 1 fully saturated rings. The fourth-order valence-electron chi connectivity index (χ4n) is 2.93. The van der Waals surface area contributed by atoms with Gasteiger partial charge in [0.2, 0.25) is 0 Å². The molecular formula is C16H25FN2. The van der Waals surface area contributed by atoms with Gasteiger partial charge in [-0.2, -0.15) is 0 Å². The lowest BCUT2D eigenvalue weighted by atomic mass is 9.89. The molecule has 106 valence electrons. The largest absolute Gasteiger partial charge is 0.328 e. The average Bonchev–Trinajstić information content (AvgIpc) is 2.41. The minimum Gasteiger partial charge on any atom is -0.328 e. The van der Waals surface area contributed by atoms with Gasteiger partial charge in [-0.05, 0) is 63.8 Å². The Labute approximate surface area is 115 Å². The number of hydrogen-bond acceptors (Lipinski definition) is 2. The van der Waals surface area contributed by atoms with E-state index in [4.69, 9.17) is 5.73 Å². The zero-order valence-electron chi connectivity index (χ0n) is 12.2. The van der Waals surface area contributed by atoms with E-state index in [2.05, 4.69) is 18.9 Å². The van der Waals surface area contributed by atoms with Gasteiger partial charge in [0.1, 0.15) is 5.82 Å². The molecule has 0 aromatic heterocycles. The molecule has 1 atom stereocenters. The zero-order chi connectivity index (χ0) is 14.0. The maximum absolute atomic E-state index is 13.7. The predicted molar refractivity (Wildman–Crippen MR) is 77.5 cm³/mol. The summed E-state index contributed by atoms with van der Waals surface area (Å²) in [5.41, 5.74) is 7.72. The van der Waals surface area contributed by atoms with Crippen molar-refractivity contribution in [3.63, 3.8) is 0 Å². The second-order valence-corrected chi connectivity index (χ2v) is 5.92. The third-order valence-electron chi connectivity index (χ3n) is 4.61. The molecule has 0 heterocycles. The fourth-order valence-corrected chi connectivity index (χ4v) is 2.93. The van der Waals surface area contributed by atoms with Crippen molar-refractivity contribution in [2.24, 2.45) is 5.73 Å². The molecule has 1 saturated carbocycles. The Morgan fingerprint density at radius 3 is 2.47 bits per heavy atom. The van der Waals surface area contributed by atoms with Gasteiger partial charge in [-0.3, -0.25) is 4.90 Å². The molecule has 0 saturated heterocycles. The van der Waals surface area contributed by atoms with Crippen LogP contribution in [-0.2, 0) is 0 Å². The van der Waals surface area contributed by atoms with E-state index in [9.17, 15) is 4.39 Å². The third-order valence-corrected chi connectivity index (χ3v) is 4.61. The third kappa shape index (κ3) is 3.34. The minimum absolute atomic E-state index is 0.108. The summed E-state index contributed by atoms with van der Waals surface area (Å²) in [4.78, 5) is 2.37. The van der Waals surface area contributed by atoms with E-state index in [1.165, 1.54) is 0 Å². The van der Waals surface area contributed by atoms with Crippen LogP contribution in [0.5, 0.6) is 0 Å². The average molecular weight is 264 g/mol. The topological polar surface area (TPSA) is 29.3 Å². The molecule has 2 N–H and O–H groups in total. The Morgan fingerprint density at radius 2 is 1.89 bits per heavy atom. The quantitative estimate of drug-likeness (QED) is 0.906. The van der Waals surface area contributed by atoms with Gasteiger partial charge in [0.05, 0.1) is 0 Å². The summed E-state index contributed by atoms with van der Waals surface area (Å²) < 4.78 is 13.7. The summed E-state index contributed by atoms with van der Waals surface area (Å²) in [5, 5.41) is 0. The summed E-state index contributed by atoms with van der Waals surface area (Å²) in [6.07, 6.45) is 4.50. The summed E-state index contributed by atoms with van der Waals surface area (Å²) in [6.45, 7) is 3.95. The van der Waals surface area contributed by atoms with Gasteiger partial charge in [0.25, 0.3) is 0 Å². The van der Waals surface area contributed by atoms with Crippen molar-refractivity contribution in [2.75, 3.05) is 7.05 Å². The molecule has 2 rings (SSSR count). The van der Waals surface area contributed by atoms with Crippen molar-refractivity contribution in [2.45, 2.75) is 57.7 Å². The van der Waals surface area contributed by atoms with Crippen molar-refractivity contribution >= 4 is 0 Å². The van der Waals surface area contributed by atoms with Crippen LogP contribution in [0.4, 0.5) is 4.39 Å². The van der Waals surface area contributed by atoms with E-state index in [0.717, 1.165) is 31.2 Å². The lowest BCUT2D eigenvalue weighted by Crippen LogP contribution is -2.39. The highest BCUT2D eigenvalue weighted by Crippen LogP contribution is 2.29. The van der Waals surface area contributed by atoms with E-state index in [-0.39, 0.29) is 11.9 Å². The first-order chi connectivity index (χ1) is 8.99. The first-order valence-corrected chi connectivity index (χ1v) is 7.22. The first-order valence-electron chi connectivity index (χ1n) is 7.22. The zero-order valence-corrected chi connectivity index (χ0v) is 12.2. The van der Waals surface area contributed by atoms with Crippen molar-refractivity contribution in [3.05, 3.63) is 35.1 Å². The van der Waals surface area contributed by atoms with Gasteiger partial charge < -0.3 is 5.73 Å². The number of benzene rings is 1. The Morgan fingerprint density at radius 1 is 1.26 bits per heavy atom. The first kappa shape index (κ1) is 14.5. The molecule has 1 unspecified atom stereocenters. The van der Waals surface area contributed by atoms with Crippen LogP contribution in [-0.4, -0.2) is 24.0 Å². The van der Waals surface area contributed by atoms with Gasteiger partial charge >= 0.3 is 0 Å². The Balaban J connectivity index is 2.05. The van der Waals surface area contributed by atoms with Crippen LogP contribution in [0.2, 0.25) is 0 Å². The number of aryl methyl sites for hydroxylation is 1. The molecule has 0 amide bonds. The number of nitrogens with zero attached hydrogens (tertiary/aromatic N) is 1. The Hall–Kier alpha value is -0.930. The highest BCUT2D eigenvalue weighted by Gasteiger charge is 2.25. The molecule has 2 nitrogen and oxygen atoms in total. The smallest absolute Gasteiger partial charge is 0.126 e. The molecule has 0 radical (unpaired) electrons. The van der Waals surface area contributed by atoms with Crippen molar-refractivity contribution in [1.82, 2.24) is 4.90 Å². The SMILES string of the molecule is Cc1ccc(C(C)N(C)C2CCC(N)CC2)cc1F. The standard InChI is InChI=1S/C16H25FN2/c1-11-4-5-13(10-16(11)17)12(2)19(3)15-8-6-14(18)7-9-15/h4-5,10,12,14-15H,6-9,18H2,1-3H3. The molecule has 0 aliphatic heterocycles. The van der Waals surface area contributed by atoms with Crippen LogP contribution >= 0.6 is 0 Å². The number of rotatable bonds is 3. The number of hydrogen-bond donors (Lipinski definition) is 1. The monoisotopic (exact) mass is 264 g/mol. The maximum Gasteiger partial charge on any atom is 0.126 e. The van der Waals surface area contributed by atoms with Crippen LogP contribution in [0.15, 0.2) is 18.2 Å². The molecule has 0 spiro atoms. The normalized spacial score (nSPS) is 25.6. The number of nitrogens with two attached hydrogens (primary N) is 1. The molecule has 1 aromatic carbocycles. The van der Waals surface area contributed by atoms with Crippen LogP contribution in [0.3, 0.4) is 0 Å². The Bertz CT molecular complexity index is 425. The summed E-state index contributed by atoms with van der Waals surface area (Å²) in [7, 11) is 2.14. The van der Waals surface area contributed by atoms with Crippen LogP contribution in [0.25, 0.3) is 0 Å². The van der Waals surface area contributed by atoms with Gasteiger partial charge in [0.15, 0.2) is 0 Å². The molecule has 3 heteroatoms. The molecule has 0 bridgehead atoms. The maximum atomic E-state index is 13.7. The molecule has 1 aliphatic rings. The highest BCUT2D eigenvalue weighted by atomic mass is 19.1. The van der Waals surface area contributed by atoms with Crippen LogP contribution in [0.1, 0.15) is 49.8 Å². The molecule has 1 aliphatic carbocycles. The van der Waals surface area contributed by atoms with E-state index in [0.29, 0.717) is 17.6 Å². The van der Waals surface area contributed by atoms with E-state index in [1.54, 1.807) is 13.0 Å². The molecule has 1 aromatic rings. The van der Waals surface area contributed by atoms with Crippen molar-refractivity contribution in [3.8, 4) is 0 Å². The van der Waals surface area contributed by atoms with Gasteiger partial charge in [-0.1, -0.05) is 12.1 Å². The van der Waals surface area contributed by atoms with Gasteiger partial charge in [-0.25, -0.2) is 4.39 Å².